The maximum Gasteiger partial charge on any atom is 0.328 e. The van der Waals surface area contributed by atoms with Crippen molar-refractivity contribution in [1.29, 1.82) is 0 Å². The number of carbonyl (C=O) groups is 2. The molecule has 2 N–H and O–H groups in total. The van der Waals surface area contributed by atoms with Crippen LogP contribution in [0, 0.1) is 0 Å². The zero-order valence-corrected chi connectivity index (χ0v) is 21.3. The molecule has 0 amide bonds. The minimum Gasteiger partial charge on any atom is -0.481 e. The fraction of sp³-hybridized carbons (Fsp3) is 0.840. The normalized spacial score (nSPS) is 13.4. The third-order valence-electron chi connectivity index (χ3n) is 5.86. The van der Waals surface area contributed by atoms with E-state index in [0.717, 1.165) is 19.3 Å². The van der Waals surface area contributed by atoms with Crippen LogP contribution in [0.5, 0.6) is 0 Å². The molecule has 0 aliphatic rings. The highest BCUT2D eigenvalue weighted by atomic mass is 32.2. The summed E-state index contributed by atoms with van der Waals surface area (Å²) in [6, 6.07) is 0. The van der Waals surface area contributed by atoms with Gasteiger partial charge in [0.15, 0.2) is 5.25 Å². The standard InChI is InChI=1S/C25H46O7S/c1-3-5-6-7-8-9-10-11-12-13-14-15-16-17-18-19-20-22(4-2)32-25(28)23(21-24(26)27)33(29,30)31/h4,22-23H,2-3,5-21H2,1H3,(H,26,27)(H,29,30,31). The van der Waals surface area contributed by atoms with Crippen molar-refractivity contribution in [3.63, 3.8) is 0 Å². The van der Waals surface area contributed by atoms with Gasteiger partial charge < -0.3 is 9.84 Å². The SMILES string of the molecule is C=CC(CCCCCCCCCCCCCCCCCC)OC(=O)C(CC(=O)O)S(=O)(=O)O. The topological polar surface area (TPSA) is 118 Å². The number of carboxylic acids is 1. The Balaban J connectivity index is 3.77. The van der Waals surface area contributed by atoms with Gasteiger partial charge >= 0.3 is 11.9 Å². The third-order valence-corrected chi connectivity index (χ3v) is 6.93. The van der Waals surface area contributed by atoms with Crippen LogP contribution in [0.1, 0.15) is 122 Å². The number of rotatable bonds is 23. The highest BCUT2D eigenvalue weighted by molar-refractivity contribution is 7.87. The first-order valence-corrected chi connectivity index (χ1v) is 14.2. The number of ether oxygens (including phenoxy) is 1. The second-order valence-corrected chi connectivity index (χ2v) is 10.5. The van der Waals surface area contributed by atoms with Gasteiger partial charge in [0.1, 0.15) is 6.10 Å². The van der Waals surface area contributed by atoms with Crippen LogP contribution >= 0.6 is 0 Å². The van der Waals surface area contributed by atoms with Crippen LogP contribution in [-0.2, 0) is 24.4 Å². The lowest BCUT2D eigenvalue weighted by atomic mass is 10.0. The van der Waals surface area contributed by atoms with Crippen molar-refractivity contribution in [3.05, 3.63) is 12.7 Å². The van der Waals surface area contributed by atoms with Crippen LogP contribution in [0.3, 0.4) is 0 Å². The van der Waals surface area contributed by atoms with E-state index in [1.807, 2.05) is 0 Å². The van der Waals surface area contributed by atoms with Crippen LogP contribution in [0.2, 0.25) is 0 Å². The molecule has 0 spiro atoms. The number of carboxylic acid groups (broad SMARTS) is 1. The summed E-state index contributed by atoms with van der Waals surface area (Å²) in [7, 11) is -4.85. The van der Waals surface area contributed by atoms with Crippen molar-refractivity contribution in [2.75, 3.05) is 0 Å². The highest BCUT2D eigenvalue weighted by Gasteiger charge is 2.35. The molecule has 0 aromatic heterocycles. The molecule has 194 valence electrons. The second kappa shape index (κ2) is 20.0. The van der Waals surface area contributed by atoms with Crippen molar-refractivity contribution in [2.45, 2.75) is 134 Å². The summed E-state index contributed by atoms with van der Waals surface area (Å²) in [5.41, 5.74) is 0. The van der Waals surface area contributed by atoms with Gasteiger partial charge in [0.2, 0.25) is 0 Å². The van der Waals surface area contributed by atoms with Gasteiger partial charge in [0, 0.05) is 0 Å². The van der Waals surface area contributed by atoms with Gasteiger partial charge in [-0.2, -0.15) is 8.42 Å². The van der Waals surface area contributed by atoms with E-state index in [1.165, 1.54) is 89.5 Å². The first kappa shape index (κ1) is 31.6. The third kappa shape index (κ3) is 18.7. The van der Waals surface area contributed by atoms with Gasteiger partial charge in [-0.05, 0) is 12.8 Å². The zero-order chi connectivity index (χ0) is 25.0. The van der Waals surface area contributed by atoms with Crippen molar-refractivity contribution < 1.29 is 32.4 Å². The van der Waals surface area contributed by atoms with Crippen LogP contribution in [-0.4, -0.2) is 41.4 Å². The van der Waals surface area contributed by atoms with Gasteiger partial charge in [0.25, 0.3) is 10.1 Å². The summed E-state index contributed by atoms with van der Waals surface area (Å²) < 4.78 is 36.7. The van der Waals surface area contributed by atoms with Crippen LogP contribution in [0.4, 0.5) is 0 Å². The molecule has 33 heavy (non-hydrogen) atoms. The fourth-order valence-corrected chi connectivity index (χ4v) is 4.46. The van der Waals surface area contributed by atoms with Crippen LogP contribution in [0.25, 0.3) is 0 Å². The molecule has 2 atom stereocenters. The Labute approximate surface area is 201 Å². The van der Waals surface area contributed by atoms with E-state index in [2.05, 4.69) is 13.5 Å². The van der Waals surface area contributed by atoms with E-state index in [-0.39, 0.29) is 0 Å². The minimum atomic E-state index is -4.85. The Bertz CT molecular complexity index is 631. The first-order chi connectivity index (χ1) is 15.7. The van der Waals surface area contributed by atoms with Crippen molar-refractivity contribution in [3.8, 4) is 0 Å². The van der Waals surface area contributed by atoms with E-state index >= 15 is 0 Å². The summed E-state index contributed by atoms with van der Waals surface area (Å²) in [4.78, 5) is 22.7. The average molecular weight is 491 g/mol. The number of hydrogen-bond acceptors (Lipinski definition) is 5. The molecular formula is C25H46O7S. The maximum absolute atomic E-state index is 12.0. The minimum absolute atomic E-state index is 0.485. The summed E-state index contributed by atoms with van der Waals surface area (Å²) in [6.07, 6.45) is 20.2. The molecule has 0 aliphatic heterocycles. The summed E-state index contributed by atoms with van der Waals surface area (Å²) in [5, 5.41) is 6.62. The molecule has 0 fully saturated rings. The van der Waals surface area contributed by atoms with E-state index in [0.29, 0.717) is 6.42 Å². The molecular weight excluding hydrogens is 444 g/mol. The molecule has 7 nitrogen and oxygen atoms in total. The lowest BCUT2D eigenvalue weighted by Crippen LogP contribution is -2.35. The molecule has 0 aliphatic carbocycles. The van der Waals surface area contributed by atoms with E-state index < -0.39 is 39.8 Å². The second-order valence-electron chi connectivity index (χ2n) is 8.90. The Kier molecular flexibility index (Phi) is 19.2. The fourth-order valence-electron chi connectivity index (χ4n) is 3.81. The molecule has 0 aromatic rings. The molecule has 0 rings (SSSR count). The van der Waals surface area contributed by atoms with Crippen molar-refractivity contribution in [2.24, 2.45) is 0 Å². The quantitative estimate of drug-likeness (QED) is 0.0729. The first-order valence-electron chi connectivity index (χ1n) is 12.7. The van der Waals surface area contributed by atoms with E-state index in [4.69, 9.17) is 14.4 Å². The largest absolute Gasteiger partial charge is 0.481 e. The lowest BCUT2D eigenvalue weighted by Gasteiger charge is -2.17. The molecule has 8 heteroatoms. The molecule has 0 heterocycles. The van der Waals surface area contributed by atoms with Gasteiger partial charge in [-0.1, -0.05) is 116 Å². The van der Waals surface area contributed by atoms with Crippen LogP contribution in [0.15, 0.2) is 12.7 Å². The van der Waals surface area contributed by atoms with Gasteiger partial charge in [-0.15, -0.1) is 0 Å². The molecule has 0 radical (unpaired) electrons. The Morgan fingerprint density at radius 2 is 1.21 bits per heavy atom. The molecule has 0 saturated heterocycles. The summed E-state index contributed by atoms with van der Waals surface area (Å²) >= 11 is 0. The van der Waals surface area contributed by atoms with E-state index in [9.17, 15) is 18.0 Å². The zero-order valence-electron chi connectivity index (χ0n) is 20.5. The number of esters is 1. The average Bonchev–Trinajstić information content (AvgIpc) is 2.75. The predicted octanol–water partition coefficient (Wildman–Crippen LogP) is 6.47. The smallest absolute Gasteiger partial charge is 0.328 e. The van der Waals surface area contributed by atoms with Gasteiger partial charge in [-0.3, -0.25) is 14.1 Å². The molecule has 0 aromatic carbocycles. The highest BCUT2D eigenvalue weighted by Crippen LogP contribution is 2.16. The van der Waals surface area contributed by atoms with Gasteiger partial charge in [-0.25, -0.2) is 0 Å². The Morgan fingerprint density at radius 1 is 0.818 bits per heavy atom. The number of unbranched alkanes of at least 4 members (excludes halogenated alkanes) is 15. The number of hydrogen-bond donors (Lipinski definition) is 2. The summed E-state index contributed by atoms with van der Waals surface area (Å²) in [5.74, 6) is -2.77. The van der Waals surface area contributed by atoms with Gasteiger partial charge in [0.05, 0.1) is 6.42 Å². The van der Waals surface area contributed by atoms with E-state index in [1.54, 1.807) is 0 Å². The lowest BCUT2D eigenvalue weighted by molar-refractivity contribution is -0.150. The molecule has 2 unspecified atom stereocenters. The summed E-state index contributed by atoms with van der Waals surface area (Å²) in [6.45, 7) is 5.83. The predicted molar refractivity (Wildman–Crippen MR) is 132 cm³/mol. The Morgan fingerprint density at radius 3 is 1.55 bits per heavy atom. The van der Waals surface area contributed by atoms with Crippen LogP contribution < -0.4 is 0 Å². The van der Waals surface area contributed by atoms with Crippen molar-refractivity contribution >= 4 is 22.1 Å². The monoisotopic (exact) mass is 490 g/mol. The molecule has 0 bridgehead atoms. The maximum atomic E-state index is 12.0. The number of aliphatic carboxylic acids is 1. The Hall–Kier alpha value is -1.41. The van der Waals surface area contributed by atoms with Crippen molar-refractivity contribution in [1.82, 2.24) is 0 Å². The molecule has 0 saturated carbocycles. The number of carbonyl (C=O) groups excluding carboxylic acids is 1.